The molecule has 1 aromatic heterocycles. The first-order chi connectivity index (χ1) is 7.81. The highest BCUT2D eigenvalue weighted by Gasteiger charge is 2.13. The Kier molecular flexibility index (Phi) is 3.84. The number of nitrogen functional groups attached to an aromatic ring is 1. The molecule has 0 fully saturated rings. The summed E-state index contributed by atoms with van der Waals surface area (Å²) in [4.78, 5) is 14.3. The zero-order valence-electron chi connectivity index (χ0n) is 10.2. The van der Waals surface area contributed by atoms with Crippen LogP contribution in [-0.4, -0.2) is 16.5 Å². The minimum atomic E-state index is -0.481. The number of rotatable bonds is 4. The van der Waals surface area contributed by atoms with E-state index >= 15 is 0 Å². The average Bonchev–Trinajstić information content (AvgIpc) is 2.25. The molecule has 0 aliphatic heterocycles. The summed E-state index contributed by atoms with van der Waals surface area (Å²) in [5.41, 5.74) is 2.31. The number of aromatic nitrogens is 1. The smallest absolute Gasteiger partial charge is 0.276 e. The molecule has 0 aliphatic carbocycles. The van der Waals surface area contributed by atoms with E-state index in [-0.39, 0.29) is 16.9 Å². The first-order valence-electron chi connectivity index (χ1n) is 5.19. The van der Waals surface area contributed by atoms with Gasteiger partial charge in [-0.15, -0.1) is 0 Å². The van der Waals surface area contributed by atoms with E-state index in [0.717, 1.165) is 0 Å². The molecule has 0 spiro atoms. The second-order valence-corrected chi connectivity index (χ2v) is 4.91. The lowest BCUT2D eigenvalue weighted by atomic mass is 9.97. The van der Waals surface area contributed by atoms with Gasteiger partial charge in [-0.05, 0) is 5.41 Å². The van der Waals surface area contributed by atoms with Gasteiger partial charge in [-0.1, -0.05) is 20.8 Å². The number of nitrogens with two attached hydrogens (primary N) is 1. The molecule has 0 aliphatic rings. The molecule has 4 N–H and O–H groups in total. The van der Waals surface area contributed by atoms with Crippen LogP contribution in [0, 0.1) is 15.5 Å². The topological polar surface area (TPSA) is 106 Å². The zero-order chi connectivity index (χ0) is 13.1. The Morgan fingerprint density at radius 3 is 2.47 bits per heavy atom. The third-order valence-corrected chi connectivity index (χ3v) is 1.97. The maximum Gasteiger partial charge on any atom is 0.276 e. The first kappa shape index (κ1) is 13.2. The highest BCUT2D eigenvalue weighted by atomic mass is 16.6. The normalized spacial score (nSPS) is 11.1. The minimum absolute atomic E-state index is 0.0515. The molecule has 0 saturated heterocycles. The van der Waals surface area contributed by atoms with Crippen molar-refractivity contribution in [3.63, 3.8) is 0 Å². The minimum Gasteiger partial charge on any atom is -0.369 e. The van der Waals surface area contributed by atoms with Crippen molar-refractivity contribution in [1.29, 1.82) is 0 Å². The summed E-state index contributed by atoms with van der Waals surface area (Å²) in [6, 6.07) is 2.66. The predicted molar refractivity (Wildman–Crippen MR) is 66.6 cm³/mol. The van der Waals surface area contributed by atoms with Crippen molar-refractivity contribution < 1.29 is 4.92 Å². The molecule has 0 atom stereocenters. The molecule has 0 radical (unpaired) electrons. The summed E-state index contributed by atoms with van der Waals surface area (Å²) in [7, 11) is 0. The van der Waals surface area contributed by atoms with Crippen LogP contribution < -0.4 is 16.6 Å². The van der Waals surface area contributed by atoms with Crippen molar-refractivity contribution >= 4 is 17.3 Å². The van der Waals surface area contributed by atoms with Crippen LogP contribution in [0.4, 0.5) is 17.3 Å². The molecule has 0 amide bonds. The number of nitro groups is 1. The van der Waals surface area contributed by atoms with Gasteiger partial charge >= 0.3 is 0 Å². The summed E-state index contributed by atoms with van der Waals surface area (Å²) in [6.07, 6.45) is 0. The van der Waals surface area contributed by atoms with Crippen LogP contribution in [0.2, 0.25) is 0 Å². The van der Waals surface area contributed by atoms with Gasteiger partial charge in [0.15, 0.2) is 0 Å². The molecule has 7 heteroatoms. The van der Waals surface area contributed by atoms with E-state index in [0.29, 0.717) is 12.4 Å². The first-order valence-corrected chi connectivity index (χ1v) is 5.19. The van der Waals surface area contributed by atoms with Crippen molar-refractivity contribution in [1.82, 2.24) is 4.98 Å². The second-order valence-electron chi connectivity index (χ2n) is 4.91. The standard InChI is InChI=1S/C10H17N5O2/c1-10(2,3)6-12-8-4-7(15(16)17)5-9(13-8)14-11/h4-5H,6,11H2,1-3H3,(H2,12,13,14). The molecule has 0 saturated carbocycles. The lowest BCUT2D eigenvalue weighted by Crippen LogP contribution is -2.20. The monoisotopic (exact) mass is 239 g/mol. The van der Waals surface area contributed by atoms with Gasteiger partial charge in [0.25, 0.3) is 5.69 Å². The molecule has 1 heterocycles. The van der Waals surface area contributed by atoms with Crippen molar-refractivity contribution in [2.24, 2.45) is 11.3 Å². The van der Waals surface area contributed by atoms with Crippen LogP contribution >= 0.6 is 0 Å². The number of pyridine rings is 1. The summed E-state index contributed by atoms with van der Waals surface area (Å²) >= 11 is 0. The van der Waals surface area contributed by atoms with Gasteiger partial charge in [-0.2, -0.15) is 0 Å². The Hall–Kier alpha value is -1.89. The summed E-state index contributed by atoms with van der Waals surface area (Å²) in [6.45, 7) is 6.82. The van der Waals surface area contributed by atoms with Crippen molar-refractivity contribution in [3.05, 3.63) is 22.2 Å². The van der Waals surface area contributed by atoms with E-state index in [9.17, 15) is 10.1 Å². The largest absolute Gasteiger partial charge is 0.369 e. The molecule has 0 unspecified atom stereocenters. The van der Waals surface area contributed by atoms with Crippen molar-refractivity contribution in [3.8, 4) is 0 Å². The molecule has 7 nitrogen and oxygen atoms in total. The number of hydrogen-bond donors (Lipinski definition) is 3. The maximum absolute atomic E-state index is 10.7. The lowest BCUT2D eigenvalue weighted by Gasteiger charge is -2.19. The molecule has 1 rings (SSSR count). The Morgan fingerprint density at radius 1 is 1.41 bits per heavy atom. The van der Waals surface area contributed by atoms with Crippen LogP contribution in [0.25, 0.3) is 0 Å². The quantitative estimate of drug-likeness (QED) is 0.419. The molecule has 1 aromatic rings. The highest BCUT2D eigenvalue weighted by Crippen LogP contribution is 2.21. The van der Waals surface area contributed by atoms with Gasteiger partial charge in [0, 0.05) is 6.54 Å². The number of nitrogens with zero attached hydrogens (tertiary/aromatic N) is 2. The van der Waals surface area contributed by atoms with Gasteiger partial charge in [-0.25, -0.2) is 10.8 Å². The fraction of sp³-hybridized carbons (Fsp3) is 0.500. The van der Waals surface area contributed by atoms with Crippen LogP contribution in [0.15, 0.2) is 12.1 Å². The molecular formula is C10H17N5O2. The Labute approximate surface area is 99.5 Å². The summed E-state index contributed by atoms with van der Waals surface area (Å²) in [5.74, 6) is 5.90. The third-order valence-electron chi connectivity index (χ3n) is 1.97. The number of hydrazine groups is 1. The second kappa shape index (κ2) is 4.96. The van der Waals surface area contributed by atoms with Gasteiger partial charge in [0.2, 0.25) is 0 Å². The fourth-order valence-corrected chi connectivity index (χ4v) is 1.14. The van der Waals surface area contributed by atoms with Gasteiger partial charge in [0.1, 0.15) is 11.6 Å². The molecule has 0 bridgehead atoms. The maximum atomic E-state index is 10.7. The third kappa shape index (κ3) is 4.23. The zero-order valence-corrected chi connectivity index (χ0v) is 10.2. The predicted octanol–water partition coefficient (Wildman–Crippen LogP) is 1.73. The van der Waals surface area contributed by atoms with E-state index in [4.69, 9.17) is 5.84 Å². The van der Waals surface area contributed by atoms with E-state index in [1.807, 2.05) is 0 Å². The summed E-state index contributed by atoms with van der Waals surface area (Å²) in [5, 5.41) is 13.7. The van der Waals surface area contributed by atoms with Gasteiger partial charge < -0.3 is 10.7 Å². The van der Waals surface area contributed by atoms with Crippen LogP contribution in [0.3, 0.4) is 0 Å². The average molecular weight is 239 g/mol. The van der Waals surface area contributed by atoms with E-state index in [2.05, 4.69) is 36.5 Å². The van der Waals surface area contributed by atoms with Crippen LogP contribution in [0.1, 0.15) is 20.8 Å². The summed E-state index contributed by atoms with van der Waals surface area (Å²) < 4.78 is 0. The van der Waals surface area contributed by atoms with Gasteiger partial charge in [-0.3, -0.25) is 10.1 Å². The number of hydrogen-bond acceptors (Lipinski definition) is 6. The van der Waals surface area contributed by atoms with E-state index in [1.165, 1.54) is 12.1 Å². The highest BCUT2D eigenvalue weighted by molar-refractivity contribution is 5.54. The molecule has 17 heavy (non-hydrogen) atoms. The number of anilines is 2. The lowest BCUT2D eigenvalue weighted by molar-refractivity contribution is -0.384. The van der Waals surface area contributed by atoms with Gasteiger partial charge in [0.05, 0.1) is 17.1 Å². The van der Waals surface area contributed by atoms with Crippen molar-refractivity contribution in [2.75, 3.05) is 17.3 Å². The van der Waals surface area contributed by atoms with E-state index in [1.54, 1.807) is 0 Å². The molecule has 94 valence electrons. The Balaban J connectivity index is 2.91. The Morgan fingerprint density at radius 2 is 2.00 bits per heavy atom. The van der Waals surface area contributed by atoms with Crippen molar-refractivity contribution in [2.45, 2.75) is 20.8 Å². The molecule has 0 aromatic carbocycles. The van der Waals surface area contributed by atoms with Crippen LogP contribution in [0.5, 0.6) is 0 Å². The fourth-order valence-electron chi connectivity index (χ4n) is 1.14. The number of nitrogens with one attached hydrogen (secondary N) is 2. The SMILES string of the molecule is CC(C)(C)CNc1cc([N+](=O)[O-])cc(NN)n1. The van der Waals surface area contributed by atoms with E-state index < -0.39 is 4.92 Å². The Bertz CT molecular complexity index is 414. The molecular weight excluding hydrogens is 222 g/mol. The van der Waals surface area contributed by atoms with Crippen LogP contribution in [-0.2, 0) is 0 Å².